The molecule has 3 saturated carbocycles. The topological polar surface area (TPSA) is 61.4 Å². The Morgan fingerprint density at radius 1 is 1.09 bits per heavy atom. The molecule has 2 N–H and O–H groups in total. The van der Waals surface area contributed by atoms with Gasteiger partial charge in [0.25, 0.3) is 0 Å². The second-order valence-electron chi connectivity index (χ2n) is 7.87. The Morgan fingerprint density at radius 3 is 2.39 bits per heavy atom. The Labute approximate surface area is 139 Å². The maximum atomic E-state index is 12.3. The summed E-state index contributed by atoms with van der Waals surface area (Å²) in [7, 11) is 0. The standard InChI is InChI=1S/C18H31N3O2/c1-12-5-3-4-6-16(12)19-18(23)20-17(22)11-21(15-9-10-15)13(2)14-7-8-14/h12-16H,3-11H2,1-2H3,(H2,19,20,22,23). The fourth-order valence-corrected chi connectivity index (χ4v) is 3.93. The number of nitrogens with one attached hydrogen (secondary N) is 2. The average molecular weight is 321 g/mol. The molecule has 3 unspecified atom stereocenters. The van der Waals surface area contributed by atoms with Crippen molar-refractivity contribution in [1.82, 2.24) is 15.5 Å². The lowest BCUT2D eigenvalue weighted by molar-refractivity contribution is -0.122. The van der Waals surface area contributed by atoms with E-state index in [-0.39, 0.29) is 18.0 Å². The second kappa shape index (κ2) is 7.20. The normalized spacial score (nSPS) is 29.2. The number of hydrogen-bond acceptors (Lipinski definition) is 3. The molecule has 3 fully saturated rings. The van der Waals surface area contributed by atoms with E-state index in [0.29, 0.717) is 24.5 Å². The molecule has 23 heavy (non-hydrogen) atoms. The minimum Gasteiger partial charge on any atom is -0.335 e. The average Bonchev–Trinajstić information content (AvgIpc) is 3.39. The van der Waals surface area contributed by atoms with Gasteiger partial charge in [-0.05, 0) is 57.3 Å². The molecule has 3 rings (SSSR count). The van der Waals surface area contributed by atoms with Gasteiger partial charge in [-0.25, -0.2) is 4.79 Å². The Hall–Kier alpha value is -1.10. The van der Waals surface area contributed by atoms with Crippen LogP contribution < -0.4 is 10.6 Å². The van der Waals surface area contributed by atoms with E-state index in [9.17, 15) is 9.59 Å². The van der Waals surface area contributed by atoms with Gasteiger partial charge in [0.05, 0.1) is 6.54 Å². The van der Waals surface area contributed by atoms with Gasteiger partial charge in [0.2, 0.25) is 5.91 Å². The lowest BCUT2D eigenvalue weighted by Gasteiger charge is -2.30. The summed E-state index contributed by atoms with van der Waals surface area (Å²) < 4.78 is 0. The van der Waals surface area contributed by atoms with Crippen LogP contribution in [0.15, 0.2) is 0 Å². The summed E-state index contributed by atoms with van der Waals surface area (Å²) in [4.78, 5) is 26.7. The van der Waals surface area contributed by atoms with Crippen LogP contribution in [0.25, 0.3) is 0 Å². The molecule has 3 aliphatic carbocycles. The van der Waals surface area contributed by atoms with Gasteiger partial charge in [-0.15, -0.1) is 0 Å². The third-order valence-electron chi connectivity index (χ3n) is 5.85. The zero-order valence-corrected chi connectivity index (χ0v) is 14.5. The van der Waals surface area contributed by atoms with Crippen LogP contribution in [-0.4, -0.2) is 41.5 Å². The quantitative estimate of drug-likeness (QED) is 0.790. The van der Waals surface area contributed by atoms with Crippen molar-refractivity contribution in [2.24, 2.45) is 11.8 Å². The summed E-state index contributed by atoms with van der Waals surface area (Å²) in [6.07, 6.45) is 9.54. The number of nitrogens with zero attached hydrogens (tertiary/aromatic N) is 1. The Kier molecular flexibility index (Phi) is 5.24. The Bertz CT molecular complexity index is 446. The van der Waals surface area contributed by atoms with Crippen LogP contribution in [-0.2, 0) is 4.79 Å². The molecule has 0 aliphatic heterocycles. The molecule has 130 valence electrons. The fraction of sp³-hybridized carbons (Fsp3) is 0.889. The summed E-state index contributed by atoms with van der Waals surface area (Å²) >= 11 is 0. The minimum atomic E-state index is -0.316. The van der Waals surface area contributed by atoms with Crippen molar-refractivity contribution in [3.63, 3.8) is 0 Å². The Morgan fingerprint density at radius 2 is 1.78 bits per heavy atom. The van der Waals surface area contributed by atoms with Crippen molar-refractivity contribution in [2.45, 2.75) is 83.3 Å². The third-order valence-corrected chi connectivity index (χ3v) is 5.85. The summed E-state index contributed by atoms with van der Waals surface area (Å²) in [6.45, 7) is 4.76. The highest BCUT2D eigenvalue weighted by atomic mass is 16.2. The number of amides is 3. The summed E-state index contributed by atoms with van der Waals surface area (Å²) in [6, 6.07) is 0.914. The van der Waals surface area contributed by atoms with Gasteiger partial charge in [0.15, 0.2) is 0 Å². The highest BCUT2D eigenvalue weighted by Crippen LogP contribution is 2.39. The number of urea groups is 1. The van der Waals surface area contributed by atoms with E-state index in [1.807, 2.05) is 0 Å². The first-order valence-electron chi connectivity index (χ1n) is 9.40. The number of carbonyl (C=O) groups is 2. The van der Waals surface area contributed by atoms with E-state index in [4.69, 9.17) is 0 Å². The molecular formula is C18H31N3O2. The molecule has 0 radical (unpaired) electrons. The van der Waals surface area contributed by atoms with E-state index >= 15 is 0 Å². The Balaban J connectivity index is 1.44. The predicted molar refractivity (Wildman–Crippen MR) is 90.0 cm³/mol. The van der Waals surface area contributed by atoms with Crippen LogP contribution in [0.5, 0.6) is 0 Å². The van der Waals surface area contributed by atoms with E-state index in [1.54, 1.807) is 0 Å². The second-order valence-corrected chi connectivity index (χ2v) is 7.87. The summed E-state index contributed by atoms with van der Waals surface area (Å²) in [5, 5.41) is 5.54. The smallest absolute Gasteiger partial charge is 0.321 e. The van der Waals surface area contributed by atoms with Crippen molar-refractivity contribution in [2.75, 3.05) is 6.54 Å². The molecule has 5 nitrogen and oxygen atoms in total. The molecule has 0 heterocycles. The van der Waals surface area contributed by atoms with Crippen molar-refractivity contribution in [3.8, 4) is 0 Å². The van der Waals surface area contributed by atoms with Crippen LogP contribution in [0.2, 0.25) is 0 Å². The van der Waals surface area contributed by atoms with E-state index in [0.717, 1.165) is 25.2 Å². The minimum absolute atomic E-state index is 0.162. The van der Waals surface area contributed by atoms with Crippen LogP contribution in [0, 0.1) is 11.8 Å². The third kappa shape index (κ3) is 4.69. The molecule has 0 saturated heterocycles. The highest BCUT2D eigenvalue weighted by molar-refractivity contribution is 5.95. The molecular weight excluding hydrogens is 290 g/mol. The molecule has 3 atom stereocenters. The van der Waals surface area contributed by atoms with Gasteiger partial charge in [0, 0.05) is 18.1 Å². The molecule has 0 aromatic heterocycles. The van der Waals surface area contributed by atoms with Gasteiger partial charge in [-0.2, -0.15) is 0 Å². The van der Waals surface area contributed by atoms with Gasteiger partial charge in [-0.3, -0.25) is 15.0 Å². The molecule has 0 bridgehead atoms. The maximum absolute atomic E-state index is 12.3. The number of hydrogen-bond donors (Lipinski definition) is 2. The SMILES string of the molecule is CC1CCCCC1NC(=O)NC(=O)CN(C1CC1)C(C)C1CC1. The molecule has 3 amide bonds. The first-order chi connectivity index (χ1) is 11.0. The van der Waals surface area contributed by atoms with Crippen molar-refractivity contribution >= 4 is 11.9 Å². The van der Waals surface area contributed by atoms with Crippen LogP contribution in [0.1, 0.15) is 65.2 Å². The lowest BCUT2D eigenvalue weighted by atomic mass is 9.86. The van der Waals surface area contributed by atoms with Crippen LogP contribution in [0.3, 0.4) is 0 Å². The summed E-state index contributed by atoms with van der Waals surface area (Å²) in [5.41, 5.74) is 0. The van der Waals surface area contributed by atoms with Crippen LogP contribution in [0.4, 0.5) is 4.79 Å². The van der Waals surface area contributed by atoms with Gasteiger partial charge < -0.3 is 5.32 Å². The molecule has 3 aliphatic rings. The van der Waals surface area contributed by atoms with E-state index in [1.165, 1.54) is 32.1 Å². The van der Waals surface area contributed by atoms with Gasteiger partial charge >= 0.3 is 6.03 Å². The lowest BCUT2D eigenvalue weighted by Crippen LogP contribution is -2.51. The fourth-order valence-electron chi connectivity index (χ4n) is 3.93. The molecule has 0 spiro atoms. The molecule has 5 heteroatoms. The van der Waals surface area contributed by atoms with Crippen molar-refractivity contribution < 1.29 is 9.59 Å². The molecule has 0 aromatic carbocycles. The van der Waals surface area contributed by atoms with Crippen molar-refractivity contribution in [3.05, 3.63) is 0 Å². The number of carbonyl (C=O) groups excluding carboxylic acids is 2. The first-order valence-corrected chi connectivity index (χ1v) is 9.40. The zero-order chi connectivity index (χ0) is 16.4. The van der Waals surface area contributed by atoms with Gasteiger partial charge in [0.1, 0.15) is 0 Å². The van der Waals surface area contributed by atoms with Crippen molar-refractivity contribution in [1.29, 1.82) is 0 Å². The monoisotopic (exact) mass is 321 g/mol. The molecule has 0 aromatic rings. The van der Waals surface area contributed by atoms with Gasteiger partial charge in [-0.1, -0.05) is 19.8 Å². The first kappa shape index (κ1) is 16.7. The highest BCUT2D eigenvalue weighted by Gasteiger charge is 2.40. The number of imide groups is 1. The van der Waals surface area contributed by atoms with E-state index in [2.05, 4.69) is 29.4 Å². The number of rotatable bonds is 6. The zero-order valence-electron chi connectivity index (χ0n) is 14.5. The van der Waals surface area contributed by atoms with Crippen LogP contribution >= 0.6 is 0 Å². The summed E-state index contributed by atoms with van der Waals surface area (Å²) in [5.74, 6) is 1.09. The van der Waals surface area contributed by atoms with E-state index < -0.39 is 0 Å². The largest absolute Gasteiger partial charge is 0.335 e. The predicted octanol–water partition coefficient (Wildman–Crippen LogP) is 2.65. The maximum Gasteiger partial charge on any atom is 0.321 e.